The zero-order chi connectivity index (χ0) is 28.9. The molecule has 0 saturated heterocycles. The van der Waals surface area contributed by atoms with Crippen LogP contribution in [-0.4, -0.2) is 0 Å². The topological polar surface area (TPSA) is 0 Å². The molecular weight excluding hydrogens is 516 g/mol. The summed E-state index contributed by atoms with van der Waals surface area (Å²) in [6.07, 6.45) is 1.96. The van der Waals surface area contributed by atoms with Gasteiger partial charge < -0.3 is 0 Å². The first-order valence-corrected chi connectivity index (χ1v) is 14.9. The van der Waals surface area contributed by atoms with Crippen molar-refractivity contribution in [2.75, 3.05) is 0 Å². The van der Waals surface area contributed by atoms with Gasteiger partial charge in [-0.15, -0.1) is 0 Å². The highest BCUT2D eigenvalue weighted by atomic mass is 14.2. The number of fused-ring (bicyclic) bond motifs is 5. The molecule has 0 spiro atoms. The van der Waals surface area contributed by atoms with E-state index in [-0.39, 0.29) is 0 Å². The third-order valence-electron chi connectivity index (χ3n) is 8.98. The van der Waals surface area contributed by atoms with Gasteiger partial charge in [-0.3, -0.25) is 0 Å². The van der Waals surface area contributed by atoms with Crippen molar-refractivity contribution >= 4 is 49.2 Å². The van der Waals surface area contributed by atoms with Crippen molar-refractivity contribution in [3.63, 3.8) is 0 Å². The SMILES string of the molecule is C=Cc1ccccc1-c1cccc2c1c(C)c(-c1ccc3cc(-c4ccc5ccccc5c4)ccc3c1)c1ccccc12. The van der Waals surface area contributed by atoms with Gasteiger partial charge in [0.05, 0.1) is 0 Å². The summed E-state index contributed by atoms with van der Waals surface area (Å²) >= 11 is 0. The van der Waals surface area contributed by atoms with E-state index in [0.29, 0.717) is 0 Å². The summed E-state index contributed by atoms with van der Waals surface area (Å²) in [6.45, 7) is 6.39. The van der Waals surface area contributed by atoms with Crippen LogP contribution in [-0.2, 0) is 0 Å². The highest BCUT2D eigenvalue weighted by molar-refractivity contribution is 6.19. The Morgan fingerprint density at radius 3 is 1.74 bits per heavy atom. The van der Waals surface area contributed by atoms with Crippen LogP contribution < -0.4 is 0 Å². The molecule has 0 fully saturated rings. The lowest BCUT2D eigenvalue weighted by Gasteiger charge is -2.19. The monoisotopic (exact) mass is 546 g/mol. The number of rotatable bonds is 4. The van der Waals surface area contributed by atoms with Crippen LogP contribution in [0.4, 0.5) is 0 Å². The lowest BCUT2D eigenvalue weighted by molar-refractivity contribution is 1.53. The van der Waals surface area contributed by atoms with Gasteiger partial charge in [-0.1, -0.05) is 140 Å². The van der Waals surface area contributed by atoms with Gasteiger partial charge in [0.25, 0.3) is 0 Å². The number of hydrogen-bond acceptors (Lipinski definition) is 0. The molecule has 0 saturated carbocycles. The Bertz CT molecular complexity index is 2370. The average molecular weight is 547 g/mol. The lowest BCUT2D eigenvalue weighted by Crippen LogP contribution is -1.93. The van der Waals surface area contributed by atoms with Gasteiger partial charge in [0, 0.05) is 0 Å². The van der Waals surface area contributed by atoms with Gasteiger partial charge in [0.15, 0.2) is 0 Å². The summed E-state index contributed by atoms with van der Waals surface area (Å²) in [5.41, 5.74) is 9.94. The van der Waals surface area contributed by atoms with Crippen LogP contribution >= 0.6 is 0 Å². The molecule has 0 unspecified atom stereocenters. The predicted octanol–water partition coefficient (Wildman–Crippen LogP) is 12.3. The lowest BCUT2D eigenvalue weighted by atomic mass is 9.84. The van der Waals surface area contributed by atoms with E-state index in [4.69, 9.17) is 0 Å². The zero-order valence-corrected chi connectivity index (χ0v) is 24.1. The second kappa shape index (κ2) is 10.1. The summed E-state index contributed by atoms with van der Waals surface area (Å²) in [6, 6.07) is 53.2. The summed E-state index contributed by atoms with van der Waals surface area (Å²) in [5.74, 6) is 0. The number of aryl methyl sites for hydroxylation is 1. The van der Waals surface area contributed by atoms with Gasteiger partial charge in [-0.25, -0.2) is 0 Å². The van der Waals surface area contributed by atoms with Crippen LogP contribution in [0, 0.1) is 6.92 Å². The Balaban J connectivity index is 1.33. The molecule has 0 heteroatoms. The zero-order valence-electron chi connectivity index (χ0n) is 24.1. The van der Waals surface area contributed by atoms with Crippen molar-refractivity contribution in [1.82, 2.24) is 0 Å². The van der Waals surface area contributed by atoms with Crippen molar-refractivity contribution < 1.29 is 0 Å². The maximum atomic E-state index is 4.10. The molecule has 0 heterocycles. The molecule has 0 atom stereocenters. The van der Waals surface area contributed by atoms with Crippen LogP contribution in [0.25, 0.3) is 82.5 Å². The second-order valence-corrected chi connectivity index (χ2v) is 11.4. The molecule has 0 aliphatic rings. The van der Waals surface area contributed by atoms with E-state index in [9.17, 15) is 0 Å². The molecule has 0 aliphatic carbocycles. The first kappa shape index (κ1) is 25.3. The van der Waals surface area contributed by atoms with Gasteiger partial charge in [-0.05, 0) is 113 Å². The van der Waals surface area contributed by atoms with Crippen molar-refractivity contribution in [1.29, 1.82) is 0 Å². The Kier molecular flexibility index (Phi) is 5.94. The van der Waals surface area contributed by atoms with E-state index in [2.05, 4.69) is 159 Å². The fraction of sp³-hybridized carbons (Fsp3) is 0.0233. The maximum absolute atomic E-state index is 4.10. The van der Waals surface area contributed by atoms with Gasteiger partial charge in [0.1, 0.15) is 0 Å². The third kappa shape index (κ3) is 4.15. The van der Waals surface area contributed by atoms with Crippen molar-refractivity contribution in [2.45, 2.75) is 6.92 Å². The predicted molar refractivity (Wildman–Crippen MR) is 188 cm³/mol. The molecule has 0 bridgehead atoms. The molecule has 8 aromatic rings. The molecular formula is C43H30. The van der Waals surface area contributed by atoms with Crippen molar-refractivity contribution in [3.05, 3.63) is 163 Å². The van der Waals surface area contributed by atoms with E-state index in [1.54, 1.807) is 0 Å². The number of hydrogen-bond donors (Lipinski definition) is 0. The maximum Gasteiger partial charge on any atom is -0.00633 e. The van der Waals surface area contributed by atoms with Gasteiger partial charge in [-0.2, -0.15) is 0 Å². The van der Waals surface area contributed by atoms with Crippen LogP contribution in [0.1, 0.15) is 11.1 Å². The average Bonchev–Trinajstić information content (AvgIpc) is 3.07. The van der Waals surface area contributed by atoms with E-state index >= 15 is 0 Å². The number of benzene rings is 8. The summed E-state index contributed by atoms with van der Waals surface area (Å²) in [4.78, 5) is 0. The van der Waals surface area contributed by atoms with Crippen molar-refractivity contribution in [3.8, 4) is 33.4 Å². The van der Waals surface area contributed by atoms with E-state index in [1.165, 1.54) is 82.0 Å². The fourth-order valence-electron chi connectivity index (χ4n) is 6.91. The first-order valence-electron chi connectivity index (χ1n) is 14.9. The quantitative estimate of drug-likeness (QED) is 0.193. The van der Waals surface area contributed by atoms with E-state index in [1.807, 2.05) is 6.08 Å². The Labute approximate surface area is 252 Å². The first-order chi connectivity index (χ1) is 21.2. The highest BCUT2D eigenvalue weighted by Crippen LogP contribution is 2.43. The Morgan fingerprint density at radius 1 is 0.442 bits per heavy atom. The largest absolute Gasteiger partial charge is 0.0984 e. The smallest absolute Gasteiger partial charge is 0.00633 e. The van der Waals surface area contributed by atoms with E-state index < -0.39 is 0 Å². The molecule has 0 amide bonds. The minimum atomic E-state index is 1.15. The second-order valence-electron chi connectivity index (χ2n) is 11.4. The van der Waals surface area contributed by atoms with Crippen LogP contribution in [0.5, 0.6) is 0 Å². The standard InChI is InChI=1S/C43H30/c1-3-29-11-6-7-14-37(29)39-17-10-18-41-38-15-8-9-16-40(38)42(28(2)43(39)41)36-24-23-34-26-33(21-22-35(34)27-36)32-20-19-30-12-4-5-13-31(30)25-32/h3-27H,1H2,2H3. The summed E-state index contributed by atoms with van der Waals surface area (Å²) in [7, 11) is 0. The molecule has 43 heavy (non-hydrogen) atoms. The normalized spacial score (nSPS) is 11.5. The summed E-state index contributed by atoms with van der Waals surface area (Å²) < 4.78 is 0. The minimum Gasteiger partial charge on any atom is -0.0984 e. The minimum absolute atomic E-state index is 1.15. The molecule has 0 aromatic heterocycles. The van der Waals surface area contributed by atoms with Gasteiger partial charge in [0.2, 0.25) is 0 Å². The van der Waals surface area contributed by atoms with Gasteiger partial charge >= 0.3 is 0 Å². The third-order valence-corrected chi connectivity index (χ3v) is 8.98. The van der Waals surface area contributed by atoms with E-state index in [0.717, 1.165) is 5.56 Å². The molecule has 0 aliphatic heterocycles. The van der Waals surface area contributed by atoms with Crippen LogP contribution in [0.3, 0.4) is 0 Å². The molecule has 8 rings (SSSR count). The molecule has 8 aromatic carbocycles. The molecule has 0 N–H and O–H groups in total. The molecule has 202 valence electrons. The fourth-order valence-corrected chi connectivity index (χ4v) is 6.91. The van der Waals surface area contributed by atoms with Crippen LogP contribution in [0.15, 0.2) is 152 Å². The van der Waals surface area contributed by atoms with Crippen LogP contribution in [0.2, 0.25) is 0 Å². The highest BCUT2D eigenvalue weighted by Gasteiger charge is 2.17. The molecule has 0 radical (unpaired) electrons. The summed E-state index contributed by atoms with van der Waals surface area (Å²) in [5, 5.41) is 10.2. The Hall–Kier alpha value is -5.46. The van der Waals surface area contributed by atoms with Crippen molar-refractivity contribution in [2.24, 2.45) is 0 Å². The Morgan fingerprint density at radius 2 is 0.977 bits per heavy atom. The molecule has 0 nitrogen and oxygen atoms in total.